The Balaban J connectivity index is 1.38. The number of amides is 2. The van der Waals surface area contributed by atoms with Crippen LogP contribution in [-0.4, -0.2) is 29.8 Å². The molecule has 0 saturated carbocycles. The van der Waals surface area contributed by atoms with E-state index in [4.69, 9.17) is 0 Å². The van der Waals surface area contributed by atoms with Crippen molar-refractivity contribution in [3.8, 4) is 0 Å². The van der Waals surface area contributed by atoms with Crippen LogP contribution < -0.4 is 5.32 Å². The molecule has 2 amide bonds. The van der Waals surface area contributed by atoms with Gasteiger partial charge in [-0.3, -0.25) is 9.59 Å². The number of unbranched alkanes of at least 4 members (excludes halogenated alkanes) is 1. The molecule has 0 aliphatic carbocycles. The van der Waals surface area contributed by atoms with Gasteiger partial charge in [-0.05, 0) is 48.9 Å². The fraction of sp³-hybridized carbons (Fsp3) is 0.364. The molecule has 2 aromatic rings. The standard InChI is InChI=1S/C22H26N2O2/c25-21-10-6-16-24(21)17-19-11-13-20(14-12-19)22(26)23-15-5-4-9-18-7-2-1-3-8-18/h1-3,7-8,11-14H,4-6,9-10,15-17H2,(H,23,26). The third kappa shape index (κ3) is 5.19. The number of hydrogen-bond acceptors (Lipinski definition) is 2. The SMILES string of the molecule is O=C(NCCCCc1ccccc1)c1ccc(CN2CCCC2=O)cc1. The second-order valence-electron chi connectivity index (χ2n) is 6.81. The fourth-order valence-electron chi connectivity index (χ4n) is 3.26. The zero-order valence-electron chi connectivity index (χ0n) is 15.1. The van der Waals surface area contributed by atoms with E-state index < -0.39 is 0 Å². The van der Waals surface area contributed by atoms with Gasteiger partial charge in [0.25, 0.3) is 5.91 Å². The average Bonchev–Trinajstić information content (AvgIpc) is 3.07. The normalized spacial score (nSPS) is 13.8. The summed E-state index contributed by atoms with van der Waals surface area (Å²) in [6.45, 7) is 2.17. The Morgan fingerprint density at radius 3 is 2.42 bits per heavy atom. The van der Waals surface area contributed by atoms with Gasteiger partial charge in [0, 0.05) is 31.6 Å². The number of nitrogens with one attached hydrogen (secondary N) is 1. The van der Waals surface area contributed by atoms with Crippen LogP contribution in [0.4, 0.5) is 0 Å². The first-order chi connectivity index (χ1) is 12.7. The van der Waals surface area contributed by atoms with Crippen molar-refractivity contribution < 1.29 is 9.59 Å². The Hall–Kier alpha value is -2.62. The molecule has 1 aliphatic heterocycles. The Morgan fingerprint density at radius 1 is 0.962 bits per heavy atom. The number of nitrogens with zero attached hydrogens (tertiary/aromatic N) is 1. The summed E-state index contributed by atoms with van der Waals surface area (Å²) >= 11 is 0. The summed E-state index contributed by atoms with van der Waals surface area (Å²) < 4.78 is 0. The van der Waals surface area contributed by atoms with E-state index in [0.29, 0.717) is 25.1 Å². The second-order valence-corrected chi connectivity index (χ2v) is 6.81. The maximum atomic E-state index is 12.2. The lowest BCUT2D eigenvalue weighted by Gasteiger charge is -2.15. The molecule has 0 unspecified atom stereocenters. The number of benzene rings is 2. The predicted octanol–water partition coefficient (Wildman–Crippen LogP) is 3.56. The minimum absolute atomic E-state index is 0.0338. The Morgan fingerprint density at radius 2 is 1.73 bits per heavy atom. The summed E-state index contributed by atoms with van der Waals surface area (Å²) in [6, 6.07) is 18.0. The summed E-state index contributed by atoms with van der Waals surface area (Å²) in [5.41, 5.74) is 3.08. The summed E-state index contributed by atoms with van der Waals surface area (Å²) in [4.78, 5) is 25.8. The van der Waals surface area contributed by atoms with E-state index in [2.05, 4.69) is 29.6 Å². The molecule has 4 heteroatoms. The third-order valence-electron chi connectivity index (χ3n) is 4.78. The number of hydrogen-bond donors (Lipinski definition) is 1. The van der Waals surface area contributed by atoms with Gasteiger partial charge in [0.1, 0.15) is 0 Å². The van der Waals surface area contributed by atoms with Gasteiger partial charge in [-0.2, -0.15) is 0 Å². The van der Waals surface area contributed by atoms with Crippen LogP contribution in [0.3, 0.4) is 0 Å². The monoisotopic (exact) mass is 350 g/mol. The maximum Gasteiger partial charge on any atom is 0.251 e. The number of rotatable bonds is 8. The molecule has 2 aromatic carbocycles. The molecular formula is C22H26N2O2. The van der Waals surface area contributed by atoms with Crippen LogP contribution in [0, 0.1) is 0 Å². The second kappa shape index (κ2) is 9.18. The summed E-state index contributed by atoms with van der Waals surface area (Å²) in [5.74, 6) is 0.191. The molecule has 1 aliphatic rings. The van der Waals surface area contributed by atoms with Gasteiger partial charge in [-0.15, -0.1) is 0 Å². The summed E-state index contributed by atoms with van der Waals surface area (Å²) in [6.07, 6.45) is 4.68. The first-order valence-electron chi connectivity index (χ1n) is 9.41. The smallest absolute Gasteiger partial charge is 0.251 e. The van der Waals surface area contributed by atoms with Crippen molar-refractivity contribution in [1.82, 2.24) is 10.2 Å². The Kier molecular flexibility index (Phi) is 6.42. The lowest BCUT2D eigenvalue weighted by molar-refractivity contribution is -0.128. The summed E-state index contributed by atoms with van der Waals surface area (Å²) in [5, 5.41) is 2.98. The number of likely N-dealkylation sites (tertiary alicyclic amines) is 1. The van der Waals surface area contributed by atoms with E-state index >= 15 is 0 Å². The van der Waals surface area contributed by atoms with Crippen molar-refractivity contribution in [2.75, 3.05) is 13.1 Å². The van der Waals surface area contributed by atoms with Crippen LogP contribution in [0.5, 0.6) is 0 Å². The van der Waals surface area contributed by atoms with Gasteiger partial charge in [0.15, 0.2) is 0 Å². The number of aryl methyl sites for hydroxylation is 1. The zero-order valence-corrected chi connectivity index (χ0v) is 15.1. The molecule has 1 heterocycles. The van der Waals surface area contributed by atoms with E-state index in [9.17, 15) is 9.59 Å². The molecule has 0 aromatic heterocycles. The molecule has 0 bridgehead atoms. The van der Waals surface area contributed by atoms with Crippen LogP contribution in [0.2, 0.25) is 0 Å². The minimum atomic E-state index is -0.0338. The van der Waals surface area contributed by atoms with Crippen molar-refractivity contribution in [2.45, 2.75) is 38.6 Å². The van der Waals surface area contributed by atoms with Crippen LogP contribution in [0.15, 0.2) is 54.6 Å². The quantitative estimate of drug-likeness (QED) is 0.740. The lowest BCUT2D eigenvalue weighted by atomic mass is 10.1. The van der Waals surface area contributed by atoms with Gasteiger partial charge >= 0.3 is 0 Å². The Bertz CT molecular complexity index is 726. The third-order valence-corrected chi connectivity index (χ3v) is 4.78. The van der Waals surface area contributed by atoms with Crippen molar-refractivity contribution in [1.29, 1.82) is 0 Å². The van der Waals surface area contributed by atoms with E-state index in [1.807, 2.05) is 35.2 Å². The van der Waals surface area contributed by atoms with Gasteiger partial charge in [-0.1, -0.05) is 42.5 Å². The highest BCUT2D eigenvalue weighted by molar-refractivity contribution is 5.94. The van der Waals surface area contributed by atoms with Gasteiger partial charge in [0.2, 0.25) is 5.91 Å². The number of carbonyl (C=O) groups is 2. The van der Waals surface area contributed by atoms with E-state index in [1.165, 1.54) is 5.56 Å². The van der Waals surface area contributed by atoms with Crippen LogP contribution in [0.1, 0.15) is 47.2 Å². The molecule has 1 N–H and O–H groups in total. The highest BCUT2D eigenvalue weighted by Crippen LogP contribution is 2.14. The fourth-order valence-corrected chi connectivity index (χ4v) is 3.26. The predicted molar refractivity (Wildman–Crippen MR) is 103 cm³/mol. The number of carbonyl (C=O) groups excluding carboxylic acids is 2. The van der Waals surface area contributed by atoms with Gasteiger partial charge in [-0.25, -0.2) is 0 Å². The van der Waals surface area contributed by atoms with E-state index in [-0.39, 0.29) is 11.8 Å². The molecule has 0 radical (unpaired) electrons. The molecule has 136 valence electrons. The van der Waals surface area contributed by atoms with Crippen LogP contribution in [0.25, 0.3) is 0 Å². The maximum absolute atomic E-state index is 12.2. The van der Waals surface area contributed by atoms with Crippen molar-refractivity contribution in [3.63, 3.8) is 0 Å². The molecule has 26 heavy (non-hydrogen) atoms. The van der Waals surface area contributed by atoms with Crippen molar-refractivity contribution >= 4 is 11.8 Å². The van der Waals surface area contributed by atoms with Gasteiger partial charge < -0.3 is 10.2 Å². The first kappa shape index (κ1) is 18.2. The minimum Gasteiger partial charge on any atom is -0.352 e. The molecule has 1 fully saturated rings. The largest absolute Gasteiger partial charge is 0.352 e. The molecule has 0 spiro atoms. The van der Waals surface area contributed by atoms with E-state index in [0.717, 1.165) is 37.8 Å². The highest BCUT2D eigenvalue weighted by atomic mass is 16.2. The molecule has 1 saturated heterocycles. The van der Waals surface area contributed by atoms with Crippen molar-refractivity contribution in [3.05, 3.63) is 71.3 Å². The average molecular weight is 350 g/mol. The summed E-state index contributed by atoms with van der Waals surface area (Å²) in [7, 11) is 0. The first-order valence-corrected chi connectivity index (χ1v) is 9.41. The molecular weight excluding hydrogens is 324 g/mol. The zero-order chi connectivity index (χ0) is 18.2. The molecule has 4 nitrogen and oxygen atoms in total. The lowest BCUT2D eigenvalue weighted by Crippen LogP contribution is -2.25. The Labute approximate surface area is 155 Å². The molecule has 3 rings (SSSR count). The topological polar surface area (TPSA) is 49.4 Å². The van der Waals surface area contributed by atoms with Crippen LogP contribution in [-0.2, 0) is 17.8 Å². The van der Waals surface area contributed by atoms with Crippen molar-refractivity contribution in [2.24, 2.45) is 0 Å². The van der Waals surface area contributed by atoms with Gasteiger partial charge in [0.05, 0.1) is 0 Å². The molecule has 0 atom stereocenters. The highest BCUT2D eigenvalue weighted by Gasteiger charge is 2.19. The van der Waals surface area contributed by atoms with E-state index in [1.54, 1.807) is 0 Å². The van der Waals surface area contributed by atoms with Crippen LogP contribution >= 0.6 is 0 Å².